The van der Waals surface area contributed by atoms with Gasteiger partial charge in [-0.3, -0.25) is 19.3 Å². The Hall–Kier alpha value is -3.31. The van der Waals surface area contributed by atoms with Crippen LogP contribution in [0.2, 0.25) is 0 Å². The molecule has 0 spiro atoms. The molecule has 53 heavy (non-hydrogen) atoms. The van der Waals surface area contributed by atoms with Crippen LogP contribution in [0.5, 0.6) is 0 Å². The van der Waals surface area contributed by atoms with Gasteiger partial charge in [-0.15, -0.1) is 0 Å². The van der Waals surface area contributed by atoms with Crippen LogP contribution in [0.3, 0.4) is 0 Å². The van der Waals surface area contributed by atoms with Crippen LogP contribution in [0.15, 0.2) is 48.5 Å². The third-order valence-electron chi connectivity index (χ3n) is 14.7. The van der Waals surface area contributed by atoms with Crippen molar-refractivity contribution < 1.29 is 29.7 Å². The molecule has 0 aromatic heterocycles. The summed E-state index contributed by atoms with van der Waals surface area (Å²) in [6, 6.07) is 17.0. The normalized spacial score (nSPS) is 33.0. The highest BCUT2D eigenvalue weighted by atomic mass is 16.4. The Balaban J connectivity index is 1.01. The number of carbonyl (C=O) groups is 3. The topological polar surface area (TPSA) is 151 Å². The third-order valence-corrected chi connectivity index (χ3v) is 14.7. The van der Waals surface area contributed by atoms with Crippen molar-refractivity contribution >= 4 is 17.9 Å². The number of nitrogens with one attached hydrogen (secondary N) is 3. The fraction of sp³-hybridized carbons (Fsp3) is 0.651. The van der Waals surface area contributed by atoms with Gasteiger partial charge in [0.05, 0.1) is 17.8 Å². The molecule has 3 heterocycles. The largest absolute Gasteiger partial charge is 0.481 e. The number of carboxylic acid groups (broad SMARTS) is 3. The average Bonchev–Trinajstić information content (AvgIpc) is 3.93. The highest BCUT2D eigenvalue weighted by Crippen LogP contribution is 2.85. The van der Waals surface area contributed by atoms with E-state index in [4.69, 9.17) is 0 Å². The Bertz CT molecular complexity index is 1590. The first-order valence-electron chi connectivity index (χ1n) is 20.3. The van der Waals surface area contributed by atoms with E-state index in [2.05, 4.69) is 69.4 Å². The summed E-state index contributed by atoms with van der Waals surface area (Å²) in [7, 11) is 0. The molecular formula is C43H58N4O6. The molecule has 286 valence electrons. The summed E-state index contributed by atoms with van der Waals surface area (Å²) in [5.41, 5.74) is 4.87. The highest BCUT2D eigenvalue weighted by Gasteiger charge is 2.79. The van der Waals surface area contributed by atoms with Gasteiger partial charge in [0, 0.05) is 19.6 Å². The summed E-state index contributed by atoms with van der Waals surface area (Å²) in [6.45, 7) is 7.41. The summed E-state index contributed by atoms with van der Waals surface area (Å²) in [5, 5.41) is 40.6. The number of benzene rings is 2. The van der Waals surface area contributed by atoms with Crippen molar-refractivity contribution in [1.29, 1.82) is 0 Å². The second-order valence-corrected chi connectivity index (χ2v) is 18.0. The van der Waals surface area contributed by atoms with Crippen molar-refractivity contribution in [3.05, 3.63) is 70.8 Å². The summed E-state index contributed by atoms with van der Waals surface area (Å²) in [6.07, 6.45) is 8.09. The molecule has 6 fully saturated rings. The molecule has 10 atom stereocenters. The minimum Gasteiger partial charge on any atom is -0.481 e. The van der Waals surface area contributed by atoms with Gasteiger partial charge in [0.1, 0.15) is 0 Å². The number of nitrogens with zero attached hydrogens (tertiary/aromatic N) is 1. The van der Waals surface area contributed by atoms with Crippen LogP contribution in [-0.4, -0.2) is 83.9 Å². The predicted molar refractivity (Wildman–Crippen MR) is 201 cm³/mol. The molecule has 6 N–H and O–H groups in total. The van der Waals surface area contributed by atoms with Crippen molar-refractivity contribution in [2.75, 3.05) is 45.8 Å². The van der Waals surface area contributed by atoms with Crippen LogP contribution in [0, 0.1) is 58.2 Å². The van der Waals surface area contributed by atoms with E-state index in [0.717, 1.165) is 102 Å². The van der Waals surface area contributed by atoms with Crippen LogP contribution in [0.4, 0.5) is 0 Å². The molecule has 2 aromatic rings. The van der Waals surface area contributed by atoms with Gasteiger partial charge < -0.3 is 31.3 Å². The zero-order valence-corrected chi connectivity index (χ0v) is 31.0. The lowest BCUT2D eigenvalue weighted by Gasteiger charge is -2.83. The van der Waals surface area contributed by atoms with Gasteiger partial charge in [-0.05, 0) is 160 Å². The molecule has 3 aliphatic heterocycles. The fourth-order valence-electron chi connectivity index (χ4n) is 12.6. The Morgan fingerprint density at radius 2 is 1.11 bits per heavy atom. The Morgan fingerprint density at radius 1 is 0.660 bits per heavy atom. The van der Waals surface area contributed by atoms with Crippen LogP contribution >= 0.6 is 0 Å². The molecule has 0 bridgehead atoms. The number of carboxylic acids is 3. The van der Waals surface area contributed by atoms with Gasteiger partial charge in [-0.25, -0.2) is 0 Å². The number of hydrogen-bond donors (Lipinski definition) is 6. The van der Waals surface area contributed by atoms with Gasteiger partial charge in [0.2, 0.25) is 0 Å². The van der Waals surface area contributed by atoms with Gasteiger partial charge in [-0.2, -0.15) is 0 Å². The molecule has 3 aliphatic carbocycles. The quantitative estimate of drug-likeness (QED) is 0.130. The summed E-state index contributed by atoms with van der Waals surface area (Å²) >= 11 is 0. The van der Waals surface area contributed by atoms with E-state index in [1.54, 1.807) is 0 Å². The highest BCUT2D eigenvalue weighted by molar-refractivity contribution is 5.72. The zero-order chi connectivity index (χ0) is 36.7. The molecule has 3 saturated heterocycles. The molecule has 10 nitrogen and oxygen atoms in total. The van der Waals surface area contributed by atoms with E-state index < -0.39 is 29.7 Å². The van der Waals surface area contributed by atoms with Crippen molar-refractivity contribution in [3.8, 4) is 0 Å². The molecular weight excluding hydrogens is 668 g/mol. The van der Waals surface area contributed by atoms with E-state index in [1.807, 2.05) is 0 Å². The smallest absolute Gasteiger partial charge is 0.307 e. The monoisotopic (exact) mass is 726 g/mol. The Kier molecular flexibility index (Phi) is 10.4. The van der Waals surface area contributed by atoms with Gasteiger partial charge in [0.25, 0.3) is 0 Å². The lowest BCUT2D eigenvalue weighted by Crippen LogP contribution is -2.78. The van der Waals surface area contributed by atoms with Crippen LogP contribution in [0.1, 0.15) is 67.2 Å². The van der Waals surface area contributed by atoms with E-state index >= 15 is 0 Å². The molecule has 10 heteroatoms. The van der Waals surface area contributed by atoms with E-state index in [-0.39, 0.29) is 34.5 Å². The average molecular weight is 727 g/mol. The summed E-state index contributed by atoms with van der Waals surface area (Å²) in [5.74, 6) is -1.33. The van der Waals surface area contributed by atoms with Gasteiger partial charge >= 0.3 is 17.9 Å². The first kappa shape index (κ1) is 36.7. The first-order valence-corrected chi connectivity index (χ1v) is 20.3. The van der Waals surface area contributed by atoms with E-state index in [9.17, 15) is 29.7 Å². The molecule has 2 aromatic carbocycles. The molecule has 4 unspecified atom stereocenters. The minimum absolute atomic E-state index is 0.142. The van der Waals surface area contributed by atoms with Crippen molar-refractivity contribution in [2.45, 2.75) is 70.9 Å². The number of aliphatic carboxylic acids is 3. The maximum atomic E-state index is 12.5. The van der Waals surface area contributed by atoms with Gasteiger partial charge in [-0.1, -0.05) is 48.5 Å². The maximum Gasteiger partial charge on any atom is 0.307 e. The minimum atomic E-state index is -0.720. The molecule has 8 rings (SSSR count). The van der Waals surface area contributed by atoms with Crippen LogP contribution < -0.4 is 16.0 Å². The Morgan fingerprint density at radius 3 is 1.53 bits per heavy atom. The maximum absolute atomic E-state index is 12.5. The van der Waals surface area contributed by atoms with Crippen LogP contribution in [0.25, 0.3) is 0 Å². The van der Waals surface area contributed by atoms with Crippen molar-refractivity contribution in [1.82, 2.24) is 20.9 Å². The first-order chi connectivity index (χ1) is 25.6. The molecule has 0 amide bonds. The molecule has 3 saturated carbocycles. The standard InChI is InChI=1S/C43H58N4O6/c48-39(49)35(31-7-10-44-20-31)15-27-3-1-5-29(13-27)23-47(24-30-6-2-4-28(14-30)16-36(40(50)51)32-8-11-45-21-32)26-43-18-34-17-42(25-43,38(34)43)19-37(41(52)53)33-9-12-46-22-33/h1-6,13-14,31-38,44-46H,7-12,15-26H2,(H,48,49)(H,50,51)(H,52,53)/t31-,32-,33-,34?,35-,36-,37-,38?,42?,43?/m0/s1. The van der Waals surface area contributed by atoms with E-state index in [0.29, 0.717) is 24.7 Å². The van der Waals surface area contributed by atoms with Crippen molar-refractivity contribution in [2.24, 2.45) is 58.2 Å². The Labute approximate surface area is 313 Å². The van der Waals surface area contributed by atoms with Crippen LogP contribution in [-0.2, 0) is 40.3 Å². The third kappa shape index (κ3) is 7.41. The second kappa shape index (κ2) is 15.1. The van der Waals surface area contributed by atoms with E-state index in [1.165, 1.54) is 24.0 Å². The SMILES string of the molecule is O=C(O)[C@@H](Cc1cccc(CN(Cc2cccc(C[C@H](C(=O)O)[C@H]3CCNC3)c2)CC23CC4CC(C[C@H](C(=O)O)[C@H]5CCNC5)(C2)C43)c1)[C@H]1CCNC1. The lowest BCUT2D eigenvalue weighted by molar-refractivity contribution is -0.346. The number of hydrogen-bond acceptors (Lipinski definition) is 7. The fourth-order valence-corrected chi connectivity index (χ4v) is 12.6. The predicted octanol–water partition coefficient (Wildman–Crippen LogP) is 4.51. The number of rotatable bonds is 18. The molecule has 0 radical (unpaired) electrons. The summed E-state index contributed by atoms with van der Waals surface area (Å²) in [4.78, 5) is 39.7. The van der Waals surface area contributed by atoms with Gasteiger partial charge in [0.15, 0.2) is 0 Å². The lowest BCUT2D eigenvalue weighted by atomic mass is 9.22. The second-order valence-electron chi connectivity index (χ2n) is 18.0. The molecule has 6 aliphatic rings. The summed E-state index contributed by atoms with van der Waals surface area (Å²) < 4.78 is 0. The van der Waals surface area contributed by atoms with Crippen molar-refractivity contribution in [3.63, 3.8) is 0 Å². The zero-order valence-electron chi connectivity index (χ0n) is 31.0.